The monoisotopic (exact) mass is 328 g/mol. The number of aryl methyl sites for hydroxylation is 1. The van der Waals surface area contributed by atoms with Gasteiger partial charge in [-0.15, -0.1) is 0 Å². The number of aromatic amines is 1. The summed E-state index contributed by atoms with van der Waals surface area (Å²) in [6, 6.07) is 4.46. The topological polar surface area (TPSA) is 101 Å². The molecular formula is C13H17ClN4O2S. The molecule has 6 nitrogen and oxygen atoms in total. The van der Waals surface area contributed by atoms with Crippen LogP contribution in [0.3, 0.4) is 0 Å². The summed E-state index contributed by atoms with van der Waals surface area (Å²) in [4.78, 5) is 0.0518. The summed E-state index contributed by atoms with van der Waals surface area (Å²) in [5, 5.41) is 7.08. The number of anilines is 2. The molecule has 0 radical (unpaired) electrons. The molecule has 4 N–H and O–H groups in total. The second kappa shape index (κ2) is 5.57. The molecule has 21 heavy (non-hydrogen) atoms. The number of nitrogens with zero attached hydrogens (tertiary/aromatic N) is 1. The minimum atomic E-state index is -3.76. The Morgan fingerprint density at radius 3 is 2.52 bits per heavy atom. The van der Waals surface area contributed by atoms with E-state index in [-0.39, 0.29) is 22.3 Å². The molecule has 114 valence electrons. The lowest BCUT2D eigenvalue weighted by Crippen LogP contribution is -2.14. The molecule has 0 saturated carbocycles. The van der Waals surface area contributed by atoms with Crippen molar-refractivity contribution < 1.29 is 8.42 Å². The van der Waals surface area contributed by atoms with E-state index < -0.39 is 10.0 Å². The van der Waals surface area contributed by atoms with Crippen molar-refractivity contribution in [1.29, 1.82) is 0 Å². The van der Waals surface area contributed by atoms with Crippen LogP contribution in [0.1, 0.15) is 31.0 Å². The number of hydrogen-bond donors (Lipinski definition) is 3. The number of rotatable bonds is 4. The first-order valence-corrected chi connectivity index (χ1v) is 8.20. The molecule has 0 amide bonds. The maximum Gasteiger partial charge on any atom is 0.263 e. The Hall–Kier alpha value is -1.73. The third-order valence-electron chi connectivity index (χ3n) is 3.03. The van der Waals surface area contributed by atoms with Crippen LogP contribution >= 0.6 is 11.6 Å². The SMILES string of the molecule is Cc1cc(S(=O)(=O)Nc2cc(C(C)C)[nH]n2)cc(N)c1Cl. The number of benzene rings is 1. The maximum absolute atomic E-state index is 12.3. The van der Waals surface area contributed by atoms with Crippen molar-refractivity contribution in [2.24, 2.45) is 0 Å². The number of hydrogen-bond acceptors (Lipinski definition) is 4. The first-order valence-electron chi connectivity index (χ1n) is 6.34. The van der Waals surface area contributed by atoms with Crippen LogP contribution in [0.25, 0.3) is 0 Å². The van der Waals surface area contributed by atoms with E-state index >= 15 is 0 Å². The second-order valence-electron chi connectivity index (χ2n) is 5.11. The number of nitrogens with two attached hydrogens (primary N) is 1. The molecule has 1 heterocycles. The van der Waals surface area contributed by atoms with Gasteiger partial charge in [0, 0.05) is 11.8 Å². The Morgan fingerprint density at radius 1 is 1.33 bits per heavy atom. The van der Waals surface area contributed by atoms with Crippen LogP contribution in [0.2, 0.25) is 5.02 Å². The molecule has 2 rings (SSSR count). The van der Waals surface area contributed by atoms with Crippen molar-refractivity contribution >= 4 is 33.1 Å². The summed E-state index contributed by atoms with van der Waals surface area (Å²) < 4.78 is 27.1. The lowest BCUT2D eigenvalue weighted by atomic mass is 10.1. The van der Waals surface area contributed by atoms with E-state index in [0.717, 1.165) is 5.69 Å². The minimum absolute atomic E-state index is 0.0518. The molecule has 1 aromatic carbocycles. The molecule has 0 saturated heterocycles. The first-order chi connectivity index (χ1) is 9.70. The van der Waals surface area contributed by atoms with E-state index in [4.69, 9.17) is 17.3 Å². The zero-order valence-electron chi connectivity index (χ0n) is 11.9. The number of sulfonamides is 1. The summed E-state index contributed by atoms with van der Waals surface area (Å²) in [5.74, 6) is 0.467. The normalized spacial score (nSPS) is 11.9. The van der Waals surface area contributed by atoms with Crippen molar-refractivity contribution in [1.82, 2.24) is 10.2 Å². The number of nitrogen functional groups attached to an aromatic ring is 1. The van der Waals surface area contributed by atoms with Gasteiger partial charge in [-0.05, 0) is 30.5 Å². The molecule has 0 spiro atoms. The zero-order chi connectivity index (χ0) is 15.8. The van der Waals surface area contributed by atoms with Gasteiger partial charge in [0.2, 0.25) is 0 Å². The van der Waals surface area contributed by atoms with Crippen LogP contribution in [0, 0.1) is 6.92 Å². The smallest absolute Gasteiger partial charge is 0.263 e. The summed E-state index contributed by atoms with van der Waals surface area (Å²) in [6.07, 6.45) is 0. The van der Waals surface area contributed by atoms with Gasteiger partial charge < -0.3 is 5.73 Å². The fraction of sp³-hybridized carbons (Fsp3) is 0.308. The van der Waals surface area contributed by atoms with E-state index in [1.54, 1.807) is 13.0 Å². The summed E-state index contributed by atoms with van der Waals surface area (Å²) >= 11 is 5.94. The molecule has 0 atom stereocenters. The van der Waals surface area contributed by atoms with Gasteiger partial charge in [0.05, 0.1) is 15.6 Å². The largest absolute Gasteiger partial charge is 0.397 e. The number of halogens is 1. The van der Waals surface area contributed by atoms with Crippen LogP contribution in [0.4, 0.5) is 11.5 Å². The Balaban J connectivity index is 2.33. The van der Waals surface area contributed by atoms with Crippen molar-refractivity contribution in [2.75, 3.05) is 10.5 Å². The minimum Gasteiger partial charge on any atom is -0.397 e. The first kappa shape index (κ1) is 15.7. The Bertz CT molecular complexity index is 745. The van der Waals surface area contributed by atoms with Gasteiger partial charge in [-0.25, -0.2) is 8.42 Å². The average molecular weight is 329 g/mol. The van der Waals surface area contributed by atoms with Gasteiger partial charge in [0.25, 0.3) is 10.0 Å². The van der Waals surface area contributed by atoms with Crippen molar-refractivity contribution in [3.63, 3.8) is 0 Å². The van der Waals surface area contributed by atoms with Gasteiger partial charge in [0.15, 0.2) is 5.82 Å². The van der Waals surface area contributed by atoms with Crippen LogP contribution < -0.4 is 10.5 Å². The summed E-state index contributed by atoms with van der Waals surface area (Å²) in [7, 11) is -3.76. The molecule has 0 aliphatic carbocycles. The third kappa shape index (κ3) is 3.30. The highest BCUT2D eigenvalue weighted by Crippen LogP contribution is 2.27. The number of aromatic nitrogens is 2. The van der Waals surface area contributed by atoms with E-state index in [1.165, 1.54) is 12.1 Å². The van der Waals surface area contributed by atoms with E-state index in [9.17, 15) is 8.42 Å². The van der Waals surface area contributed by atoms with Crippen molar-refractivity contribution in [3.05, 3.63) is 34.5 Å². The number of H-pyrrole nitrogens is 1. The Kier molecular flexibility index (Phi) is 4.15. The molecule has 0 fully saturated rings. The Morgan fingerprint density at radius 2 is 2.00 bits per heavy atom. The van der Waals surface area contributed by atoms with Gasteiger partial charge >= 0.3 is 0 Å². The molecule has 2 aromatic rings. The molecular weight excluding hydrogens is 312 g/mol. The summed E-state index contributed by atoms with van der Waals surface area (Å²) in [5.41, 5.74) is 7.38. The van der Waals surface area contributed by atoms with Crippen LogP contribution in [-0.2, 0) is 10.0 Å². The molecule has 0 bridgehead atoms. The molecule has 0 aliphatic rings. The Labute approximate surface area is 128 Å². The average Bonchev–Trinajstić information content (AvgIpc) is 2.83. The molecule has 8 heteroatoms. The number of nitrogens with one attached hydrogen (secondary N) is 2. The molecule has 0 aliphatic heterocycles. The lowest BCUT2D eigenvalue weighted by Gasteiger charge is -2.09. The summed E-state index contributed by atoms with van der Waals surface area (Å²) in [6.45, 7) is 5.66. The van der Waals surface area contributed by atoms with Crippen LogP contribution in [-0.4, -0.2) is 18.6 Å². The highest BCUT2D eigenvalue weighted by atomic mass is 35.5. The molecule has 0 unspecified atom stereocenters. The van der Waals surface area contributed by atoms with Crippen LogP contribution in [0.15, 0.2) is 23.1 Å². The van der Waals surface area contributed by atoms with Gasteiger partial charge in [-0.1, -0.05) is 25.4 Å². The van der Waals surface area contributed by atoms with E-state index in [1.807, 2.05) is 13.8 Å². The van der Waals surface area contributed by atoms with Crippen molar-refractivity contribution in [2.45, 2.75) is 31.6 Å². The standard InChI is InChI=1S/C13H17ClN4O2S/c1-7(2)11-6-12(17-16-11)18-21(19,20)9-4-8(3)13(14)10(15)5-9/h4-7H,15H2,1-3H3,(H2,16,17,18). The van der Waals surface area contributed by atoms with E-state index in [0.29, 0.717) is 10.6 Å². The highest BCUT2D eigenvalue weighted by molar-refractivity contribution is 7.92. The fourth-order valence-electron chi connectivity index (χ4n) is 1.80. The maximum atomic E-state index is 12.3. The predicted octanol–water partition coefficient (Wildman–Crippen LogP) is 2.88. The quantitative estimate of drug-likeness (QED) is 0.751. The second-order valence-corrected chi connectivity index (χ2v) is 7.17. The van der Waals surface area contributed by atoms with Gasteiger partial charge in [0.1, 0.15) is 0 Å². The van der Waals surface area contributed by atoms with Crippen molar-refractivity contribution in [3.8, 4) is 0 Å². The highest BCUT2D eigenvalue weighted by Gasteiger charge is 2.18. The predicted molar refractivity (Wildman–Crippen MR) is 84.1 cm³/mol. The van der Waals surface area contributed by atoms with E-state index in [2.05, 4.69) is 14.9 Å². The van der Waals surface area contributed by atoms with Gasteiger partial charge in [-0.3, -0.25) is 9.82 Å². The molecule has 1 aromatic heterocycles. The third-order valence-corrected chi connectivity index (χ3v) is 4.88. The van der Waals surface area contributed by atoms with Gasteiger partial charge in [-0.2, -0.15) is 5.10 Å². The fourth-order valence-corrected chi connectivity index (χ4v) is 3.02. The lowest BCUT2D eigenvalue weighted by molar-refractivity contribution is 0.601. The zero-order valence-corrected chi connectivity index (χ0v) is 13.5. The van der Waals surface area contributed by atoms with Crippen LogP contribution in [0.5, 0.6) is 0 Å².